The van der Waals surface area contributed by atoms with Crippen LogP contribution in [0.5, 0.6) is 0 Å². The van der Waals surface area contributed by atoms with Gasteiger partial charge in [0.2, 0.25) is 5.91 Å². The van der Waals surface area contributed by atoms with Gasteiger partial charge < -0.3 is 4.90 Å². The van der Waals surface area contributed by atoms with E-state index in [-0.39, 0.29) is 5.41 Å². The molecule has 3 aliphatic rings. The van der Waals surface area contributed by atoms with Crippen LogP contribution in [0.3, 0.4) is 0 Å². The molecule has 2 aliphatic heterocycles. The van der Waals surface area contributed by atoms with Crippen molar-refractivity contribution in [3.05, 3.63) is 0 Å². The van der Waals surface area contributed by atoms with Crippen molar-refractivity contribution in [2.45, 2.75) is 46.1 Å². The van der Waals surface area contributed by atoms with Gasteiger partial charge in [0.15, 0.2) is 0 Å². The van der Waals surface area contributed by atoms with Crippen molar-refractivity contribution in [1.29, 1.82) is 0 Å². The molecule has 0 spiro atoms. The van der Waals surface area contributed by atoms with Gasteiger partial charge in [0.05, 0.1) is 0 Å². The Morgan fingerprint density at radius 3 is 2.06 bits per heavy atom. The zero-order valence-electron chi connectivity index (χ0n) is 12.0. The molecule has 0 bridgehead atoms. The van der Waals surface area contributed by atoms with Gasteiger partial charge >= 0.3 is 0 Å². The first-order chi connectivity index (χ1) is 8.42. The second kappa shape index (κ2) is 4.22. The fraction of sp³-hybridized carbons (Fsp3) is 0.933. The van der Waals surface area contributed by atoms with Crippen molar-refractivity contribution in [1.82, 2.24) is 9.80 Å². The summed E-state index contributed by atoms with van der Waals surface area (Å²) in [6.07, 6.45) is 3.51. The number of amides is 1. The Labute approximate surface area is 111 Å². The molecule has 3 nitrogen and oxygen atoms in total. The molecule has 0 aromatic rings. The third-order valence-electron chi connectivity index (χ3n) is 4.61. The van der Waals surface area contributed by atoms with E-state index < -0.39 is 0 Å². The summed E-state index contributed by atoms with van der Waals surface area (Å²) in [5.41, 5.74) is 0.120. The smallest absolute Gasteiger partial charge is 0.223 e. The molecule has 1 amide bonds. The Morgan fingerprint density at radius 1 is 1.06 bits per heavy atom. The minimum atomic E-state index is 0.120. The third kappa shape index (κ3) is 2.56. The maximum absolute atomic E-state index is 12.2. The van der Waals surface area contributed by atoms with Crippen molar-refractivity contribution in [2.75, 3.05) is 26.2 Å². The fourth-order valence-corrected chi connectivity index (χ4v) is 3.54. The molecular weight excluding hydrogens is 224 g/mol. The maximum Gasteiger partial charge on any atom is 0.223 e. The predicted molar refractivity (Wildman–Crippen MR) is 72.2 cm³/mol. The van der Waals surface area contributed by atoms with Crippen LogP contribution in [0.2, 0.25) is 0 Å². The molecule has 0 N–H and O–H groups in total. The van der Waals surface area contributed by atoms with Gasteiger partial charge in [0, 0.05) is 38.6 Å². The van der Waals surface area contributed by atoms with Gasteiger partial charge in [-0.1, -0.05) is 20.8 Å². The first kappa shape index (κ1) is 12.5. The molecule has 2 heterocycles. The minimum Gasteiger partial charge on any atom is -0.342 e. The van der Waals surface area contributed by atoms with Crippen LogP contribution in [0.15, 0.2) is 0 Å². The number of nitrogens with zero attached hydrogens (tertiary/aromatic N) is 2. The SMILES string of the molecule is CC(C)(C)CC(=O)N1CC2CN(C3CC3)CC2C1. The molecule has 0 radical (unpaired) electrons. The lowest BCUT2D eigenvalue weighted by Gasteiger charge is -2.25. The highest BCUT2D eigenvalue weighted by Crippen LogP contribution is 2.38. The van der Waals surface area contributed by atoms with Crippen molar-refractivity contribution >= 4 is 5.91 Å². The lowest BCUT2D eigenvalue weighted by molar-refractivity contribution is -0.132. The molecule has 2 saturated heterocycles. The highest BCUT2D eigenvalue weighted by Gasteiger charge is 2.45. The predicted octanol–water partition coefficient (Wildman–Crippen LogP) is 1.98. The monoisotopic (exact) mass is 250 g/mol. The molecule has 1 saturated carbocycles. The average Bonchev–Trinajstić information content (AvgIpc) is 2.86. The fourth-order valence-electron chi connectivity index (χ4n) is 3.54. The van der Waals surface area contributed by atoms with Crippen molar-refractivity contribution in [3.63, 3.8) is 0 Å². The minimum absolute atomic E-state index is 0.120. The van der Waals surface area contributed by atoms with Gasteiger partial charge in [0.1, 0.15) is 0 Å². The number of carbonyl (C=O) groups excluding carboxylic acids is 1. The molecule has 3 heteroatoms. The summed E-state index contributed by atoms with van der Waals surface area (Å²) in [6.45, 7) is 11.0. The van der Waals surface area contributed by atoms with E-state index in [1.165, 1.54) is 25.9 Å². The lowest BCUT2D eigenvalue weighted by Crippen LogP contribution is -2.35. The molecule has 18 heavy (non-hydrogen) atoms. The van der Waals surface area contributed by atoms with E-state index in [0.29, 0.717) is 12.3 Å². The summed E-state index contributed by atoms with van der Waals surface area (Å²) in [7, 11) is 0. The number of likely N-dealkylation sites (tertiary alicyclic amines) is 2. The summed E-state index contributed by atoms with van der Waals surface area (Å²) >= 11 is 0. The maximum atomic E-state index is 12.2. The summed E-state index contributed by atoms with van der Waals surface area (Å²) < 4.78 is 0. The molecule has 3 rings (SSSR count). The van der Waals surface area contributed by atoms with E-state index in [4.69, 9.17) is 0 Å². The number of fused-ring (bicyclic) bond motifs is 1. The normalized spacial score (nSPS) is 32.9. The van der Waals surface area contributed by atoms with Crippen LogP contribution < -0.4 is 0 Å². The zero-order chi connectivity index (χ0) is 12.9. The van der Waals surface area contributed by atoms with Crippen LogP contribution in [0, 0.1) is 17.3 Å². The molecule has 102 valence electrons. The first-order valence-corrected chi connectivity index (χ1v) is 7.44. The topological polar surface area (TPSA) is 23.6 Å². The van der Waals surface area contributed by atoms with Crippen molar-refractivity contribution in [2.24, 2.45) is 17.3 Å². The lowest BCUT2D eigenvalue weighted by atomic mass is 9.91. The van der Waals surface area contributed by atoms with Gasteiger partial charge in [0.25, 0.3) is 0 Å². The van der Waals surface area contributed by atoms with E-state index in [2.05, 4.69) is 30.6 Å². The van der Waals surface area contributed by atoms with E-state index in [1.807, 2.05) is 0 Å². The van der Waals surface area contributed by atoms with Crippen LogP contribution in [-0.2, 0) is 4.79 Å². The molecule has 3 fully saturated rings. The Morgan fingerprint density at radius 2 is 1.61 bits per heavy atom. The first-order valence-electron chi connectivity index (χ1n) is 7.44. The molecular formula is C15H26N2O. The number of rotatable bonds is 2. The zero-order valence-corrected chi connectivity index (χ0v) is 12.0. The van der Waals surface area contributed by atoms with Crippen LogP contribution >= 0.6 is 0 Å². The summed E-state index contributed by atoms with van der Waals surface area (Å²) in [5, 5.41) is 0. The largest absolute Gasteiger partial charge is 0.342 e. The van der Waals surface area contributed by atoms with Crippen LogP contribution in [0.1, 0.15) is 40.0 Å². The molecule has 1 aliphatic carbocycles. The molecule has 2 atom stereocenters. The Kier molecular flexibility index (Phi) is 2.92. The Hall–Kier alpha value is -0.570. The Balaban J connectivity index is 1.53. The second-order valence-corrected chi connectivity index (χ2v) is 7.74. The number of carbonyl (C=O) groups is 1. The number of hydrogen-bond donors (Lipinski definition) is 0. The van der Waals surface area contributed by atoms with E-state index in [1.54, 1.807) is 0 Å². The van der Waals surface area contributed by atoms with Crippen molar-refractivity contribution in [3.8, 4) is 0 Å². The second-order valence-electron chi connectivity index (χ2n) is 7.74. The van der Waals surface area contributed by atoms with Gasteiger partial charge in [-0.15, -0.1) is 0 Å². The highest BCUT2D eigenvalue weighted by molar-refractivity contribution is 5.77. The summed E-state index contributed by atoms with van der Waals surface area (Å²) in [6, 6.07) is 0.898. The molecule has 2 unspecified atom stereocenters. The van der Waals surface area contributed by atoms with Crippen LogP contribution in [0.4, 0.5) is 0 Å². The quantitative estimate of drug-likeness (QED) is 0.748. The highest BCUT2D eigenvalue weighted by atomic mass is 16.2. The van der Waals surface area contributed by atoms with Gasteiger partial charge in [-0.25, -0.2) is 0 Å². The standard InChI is InChI=1S/C15H26N2O/c1-15(2,3)6-14(18)17-9-11-7-16(13-4-5-13)8-12(11)10-17/h11-13H,4-10H2,1-3H3. The summed E-state index contributed by atoms with van der Waals surface area (Å²) in [4.78, 5) is 17.0. The summed E-state index contributed by atoms with van der Waals surface area (Å²) in [5.74, 6) is 1.89. The Bertz CT molecular complexity index is 329. The van der Waals surface area contributed by atoms with Gasteiger partial charge in [-0.05, 0) is 30.1 Å². The third-order valence-corrected chi connectivity index (χ3v) is 4.61. The van der Waals surface area contributed by atoms with Crippen molar-refractivity contribution < 1.29 is 4.79 Å². The average molecular weight is 250 g/mol. The van der Waals surface area contributed by atoms with Gasteiger partial charge in [-0.2, -0.15) is 0 Å². The molecule has 0 aromatic carbocycles. The molecule has 0 aromatic heterocycles. The van der Waals surface area contributed by atoms with Crippen LogP contribution in [0.25, 0.3) is 0 Å². The van der Waals surface area contributed by atoms with E-state index in [9.17, 15) is 4.79 Å². The van der Waals surface area contributed by atoms with Crippen LogP contribution in [-0.4, -0.2) is 47.9 Å². The van der Waals surface area contributed by atoms with E-state index in [0.717, 1.165) is 31.0 Å². The van der Waals surface area contributed by atoms with E-state index >= 15 is 0 Å². The van der Waals surface area contributed by atoms with Gasteiger partial charge in [-0.3, -0.25) is 9.69 Å². The number of hydrogen-bond acceptors (Lipinski definition) is 2.